The molecule has 146 valence electrons. The smallest absolute Gasteiger partial charge is 0.0874 e. The van der Waals surface area contributed by atoms with Crippen molar-refractivity contribution in [2.75, 3.05) is 0 Å². The highest BCUT2D eigenvalue weighted by molar-refractivity contribution is 6.05. The zero-order valence-electron chi connectivity index (χ0n) is 16.9. The maximum atomic E-state index is 9.38. The summed E-state index contributed by atoms with van der Waals surface area (Å²) < 4.78 is 0. The second-order valence-electron chi connectivity index (χ2n) is 8.48. The molecule has 0 fully saturated rings. The van der Waals surface area contributed by atoms with Crippen LogP contribution in [0.2, 0.25) is 0 Å². The molecule has 2 aromatic rings. The fourth-order valence-electron chi connectivity index (χ4n) is 4.78. The van der Waals surface area contributed by atoms with Gasteiger partial charge in [-0.25, -0.2) is 0 Å². The predicted molar refractivity (Wildman–Crippen MR) is 112 cm³/mol. The van der Waals surface area contributed by atoms with E-state index in [4.69, 9.17) is 5.21 Å². The highest BCUT2D eigenvalue weighted by Gasteiger charge is 2.24. The van der Waals surface area contributed by atoms with Crippen molar-refractivity contribution >= 4 is 11.4 Å². The molecule has 2 aliphatic carbocycles. The Bertz CT molecular complexity index is 973. The first kappa shape index (κ1) is 18.7. The first-order valence-electron chi connectivity index (χ1n) is 10.2. The highest BCUT2D eigenvalue weighted by atomic mass is 16.4. The van der Waals surface area contributed by atoms with Gasteiger partial charge in [0, 0.05) is 11.1 Å². The summed E-state index contributed by atoms with van der Waals surface area (Å²) in [5.74, 6) is 0.840. The van der Waals surface area contributed by atoms with Gasteiger partial charge in [-0.2, -0.15) is 0 Å². The van der Waals surface area contributed by atoms with Crippen LogP contribution in [0.5, 0.6) is 0 Å². The number of nitrogens with zero attached hydrogens (tertiary/aromatic N) is 2. The molecule has 0 aliphatic heterocycles. The molecule has 2 aliphatic rings. The van der Waals surface area contributed by atoms with Crippen LogP contribution >= 0.6 is 0 Å². The normalized spacial score (nSPS) is 19.4. The Labute approximate surface area is 166 Å². The predicted octanol–water partition coefficient (Wildman–Crippen LogP) is 5.41. The standard InChI is InChI=1S/C24H28N2O2/c1-14(2)21-11-16(12-22-20(21)7-9-24(22)26-28)10-15(3)17-4-6-19-18(13-17)5-8-23(19)25-27/h4,6,11-15,27-28H,5,7-10H2,1-3H3/b25-23-,26-24+. The van der Waals surface area contributed by atoms with Gasteiger partial charge in [-0.05, 0) is 77.8 Å². The fraction of sp³-hybridized carbons (Fsp3) is 0.417. The van der Waals surface area contributed by atoms with Crippen LogP contribution in [0.1, 0.15) is 84.4 Å². The van der Waals surface area contributed by atoms with Crippen LogP contribution in [-0.2, 0) is 19.3 Å². The monoisotopic (exact) mass is 376 g/mol. The lowest BCUT2D eigenvalue weighted by molar-refractivity contribution is 0.318. The van der Waals surface area contributed by atoms with E-state index in [1.54, 1.807) is 0 Å². The second kappa shape index (κ2) is 7.42. The number of aryl methyl sites for hydroxylation is 1. The van der Waals surface area contributed by atoms with Crippen LogP contribution in [0, 0.1) is 0 Å². The summed E-state index contributed by atoms with van der Waals surface area (Å²) in [5.41, 5.74) is 10.5. The molecule has 0 heterocycles. The molecule has 1 atom stereocenters. The quantitative estimate of drug-likeness (QED) is 0.554. The van der Waals surface area contributed by atoms with Gasteiger partial charge in [0.05, 0.1) is 11.4 Å². The molecule has 2 aromatic carbocycles. The van der Waals surface area contributed by atoms with Gasteiger partial charge in [0.1, 0.15) is 0 Å². The van der Waals surface area contributed by atoms with E-state index in [-0.39, 0.29) is 0 Å². The minimum atomic E-state index is 0.384. The van der Waals surface area contributed by atoms with Crippen molar-refractivity contribution in [2.45, 2.75) is 64.7 Å². The van der Waals surface area contributed by atoms with E-state index in [9.17, 15) is 5.21 Å². The van der Waals surface area contributed by atoms with Crippen LogP contribution in [0.15, 0.2) is 40.6 Å². The Hall–Kier alpha value is -2.62. The zero-order chi connectivity index (χ0) is 19.8. The lowest BCUT2D eigenvalue weighted by Gasteiger charge is -2.18. The third-order valence-corrected chi connectivity index (χ3v) is 6.31. The van der Waals surface area contributed by atoms with E-state index < -0.39 is 0 Å². The highest BCUT2D eigenvalue weighted by Crippen LogP contribution is 2.34. The largest absolute Gasteiger partial charge is 0.411 e. The molecule has 1 unspecified atom stereocenters. The molecular weight excluding hydrogens is 348 g/mol. The molecule has 0 aromatic heterocycles. The van der Waals surface area contributed by atoms with Gasteiger partial charge < -0.3 is 10.4 Å². The van der Waals surface area contributed by atoms with E-state index >= 15 is 0 Å². The lowest BCUT2D eigenvalue weighted by atomic mass is 9.87. The molecule has 2 N–H and O–H groups in total. The average Bonchev–Trinajstić information content (AvgIpc) is 3.29. The molecule has 4 heteroatoms. The fourth-order valence-corrected chi connectivity index (χ4v) is 4.78. The van der Waals surface area contributed by atoms with Gasteiger partial charge in [-0.15, -0.1) is 0 Å². The molecule has 0 radical (unpaired) electrons. The Balaban J connectivity index is 1.64. The van der Waals surface area contributed by atoms with Gasteiger partial charge in [-0.1, -0.05) is 55.3 Å². The number of hydrogen-bond donors (Lipinski definition) is 2. The zero-order valence-corrected chi connectivity index (χ0v) is 16.9. The maximum absolute atomic E-state index is 9.38. The summed E-state index contributed by atoms with van der Waals surface area (Å²) in [5, 5.41) is 25.5. The summed E-state index contributed by atoms with van der Waals surface area (Å²) in [6, 6.07) is 11.1. The molecule has 0 saturated heterocycles. The van der Waals surface area contributed by atoms with Gasteiger partial charge in [0.15, 0.2) is 0 Å². The Kier molecular flexibility index (Phi) is 4.96. The van der Waals surface area contributed by atoms with Crippen LogP contribution in [0.4, 0.5) is 0 Å². The van der Waals surface area contributed by atoms with E-state index in [0.717, 1.165) is 54.7 Å². The molecular formula is C24H28N2O2. The van der Waals surface area contributed by atoms with Crippen molar-refractivity contribution in [2.24, 2.45) is 10.3 Å². The van der Waals surface area contributed by atoms with Crippen molar-refractivity contribution in [1.29, 1.82) is 0 Å². The van der Waals surface area contributed by atoms with Crippen molar-refractivity contribution < 1.29 is 10.4 Å². The minimum absolute atomic E-state index is 0.384. The van der Waals surface area contributed by atoms with Gasteiger partial charge in [-0.3, -0.25) is 0 Å². The number of benzene rings is 2. The van der Waals surface area contributed by atoms with Crippen LogP contribution in [0.3, 0.4) is 0 Å². The minimum Gasteiger partial charge on any atom is -0.411 e. The van der Waals surface area contributed by atoms with E-state index in [1.807, 2.05) is 0 Å². The van der Waals surface area contributed by atoms with Crippen molar-refractivity contribution in [1.82, 2.24) is 0 Å². The number of rotatable bonds is 4. The third kappa shape index (κ3) is 3.21. The maximum Gasteiger partial charge on any atom is 0.0874 e. The molecule has 0 amide bonds. The average molecular weight is 377 g/mol. The Morgan fingerprint density at radius 1 is 0.857 bits per heavy atom. The van der Waals surface area contributed by atoms with Crippen LogP contribution < -0.4 is 0 Å². The molecule has 0 saturated carbocycles. The topological polar surface area (TPSA) is 65.2 Å². The first-order valence-corrected chi connectivity index (χ1v) is 10.2. The molecule has 28 heavy (non-hydrogen) atoms. The Morgan fingerprint density at radius 3 is 2.29 bits per heavy atom. The molecule has 0 bridgehead atoms. The summed E-state index contributed by atoms with van der Waals surface area (Å²) in [6.07, 6.45) is 4.50. The summed E-state index contributed by atoms with van der Waals surface area (Å²) in [7, 11) is 0. The van der Waals surface area contributed by atoms with Crippen LogP contribution in [0.25, 0.3) is 0 Å². The SMILES string of the molecule is CC(C)c1cc(CC(C)c2ccc3c(c2)CC/C3=N/O)cc2c1CC/C2=N\O. The van der Waals surface area contributed by atoms with E-state index in [0.29, 0.717) is 11.8 Å². The van der Waals surface area contributed by atoms with Crippen molar-refractivity contribution in [3.05, 3.63) is 69.3 Å². The molecule has 4 rings (SSSR count). The number of hydrogen-bond acceptors (Lipinski definition) is 4. The molecule has 0 spiro atoms. The van der Waals surface area contributed by atoms with E-state index in [2.05, 4.69) is 61.4 Å². The van der Waals surface area contributed by atoms with Gasteiger partial charge in [0.25, 0.3) is 0 Å². The summed E-state index contributed by atoms with van der Waals surface area (Å²) in [6.45, 7) is 6.73. The van der Waals surface area contributed by atoms with Crippen molar-refractivity contribution in [3.63, 3.8) is 0 Å². The Morgan fingerprint density at radius 2 is 1.57 bits per heavy atom. The first-order chi connectivity index (χ1) is 13.5. The van der Waals surface area contributed by atoms with Gasteiger partial charge >= 0.3 is 0 Å². The lowest BCUT2D eigenvalue weighted by Crippen LogP contribution is -2.05. The summed E-state index contributed by atoms with van der Waals surface area (Å²) >= 11 is 0. The van der Waals surface area contributed by atoms with Crippen LogP contribution in [-0.4, -0.2) is 21.8 Å². The second-order valence-corrected chi connectivity index (χ2v) is 8.48. The van der Waals surface area contributed by atoms with E-state index in [1.165, 1.54) is 27.8 Å². The van der Waals surface area contributed by atoms with Crippen molar-refractivity contribution in [3.8, 4) is 0 Å². The van der Waals surface area contributed by atoms with Gasteiger partial charge in [0.2, 0.25) is 0 Å². The number of oxime groups is 2. The number of fused-ring (bicyclic) bond motifs is 2. The third-order valence-electron chi connectivity index (χ3n) is 6.31. The molecule has 4 nitrogen and oxygen atoms in total. The summed E-state index contributed by atoms with van der Waals surface area (Å²) in [4.78, 5) is 0.